The van der Waals surface area contributed by atoms with Crippen LogP contribution in [0.3, 0.4) is 0 Å². The normalized spacial score (nSPS) is 12.3. The Morgan fingerprint density at radius 3 is 1.11 bits per heavy atom. The molecule has 0 saturated carbocycles. The highest BCUT2D eigenvalue weighted by Gasteiger charge is 2.30. The smallest absolute Gasteiger partial charge is 0.402 e. The minimum atomic E-state index is -4.61. The van der Waals surface area contributed by atoms with Gasteiger partial charge in [0.15, 0.2) is 0 Å². The Morgan fingerprint density at radius 1 is 0.522 bits per heavy atom. The topological polar surface area (TPSA) is 199 Å². The minimum absolute atomic E-state index is 0.0513. The third kappa shape index (κ3) is 15.6. The van der Waals surface area contributed by atoms with Crippen LogP contribution in [0.25, 0.3) is 0 Å². The van der Waals surface area contributed by atoms with Gasteiger partial charge in [-0.3, -0.25) is 0 Å². The number of sulfonamides is 3. The van der Waals surface area contributed by atoms with Crippen LogP contribution in [0, 0.1) is 0 Å². The molecular weight excluding hydrogens is 696 g/mol. The van der Waals surface area contributed by atoms with E-state index >= 15 is 0 Å². The summed E-state index contributed by atoms with van der Waals surface area (Å²) in [6.07, 6.45) is -10.2. The molecule has 21 heteroatoms. The number of rotatable bonds is 10. The molecule has 0 aromatic heterocycles. The van der Waals surface area contributed by atoms with Gasteiger partial charge < -0.3 is 15.3 Å². The van der Waals surface area contributed by atoms with E-state index in [0.29, 0.717) is 6.54 Å². The molecule has 0 atom stereocenters. The molecule has 0 aliphatic heterocycles. The highest BCUT2D eigenvalue weighted by Crippen LogP contribution is 2.20. The zero-order chi connectivity index (χ0) is 35.4. The molecule has 0 aliphatic rings. The SMILES string of the molecule is CCNS(=O)(=O)c1ccc(O)cc1.O=S(=O)(NCC(F)(F)F)c1ccc(O)cc1.O=S(=O)(NCCC(F)(F)F)c1ccc(O)cc1. The van der Waals surface area contributed by atoms with Crippen LogP contribution in [-0.2, 0) is 30.1 Å². The molecule has 0 saturated heterocycles. The number of phenolic OH excluding ortho intramolecular Hbond substituents is 3. The van der Waals surface area contributed by atoms with Gasteiger partial charge >= 0.3 is 12.4 Å². The van der Waals surface area contributed by atoms with E-state index in [-0.39, 0.29) is 31.9 Å². The van der Waals surface area contributed by atoms with Gasteiger partial charge in [0.1, 0.15) is 23.8 Å². The second kappa shape index (κ2) is 16.8. The molecule has 0 aliphatic carbocycles. The predicted molar refractivity (Wildman–Crippen MR) is 152 cm³/mol. The molecule has 0 radical (unpaired) electrons. The van der Waals surface area contributed by atoms with Crippen LogP contribution in [0.4, 0.5) is 26.3 Å². The summed E-state index contributed by atoms with van der Waals surface area (Å²) in [5.41, 5.74) is 0. The van der Waals surface area contributed by atoms with Gasteiger partial charge in [0, 0.05) is 13.1 Å². The zero-order valence-corrected chi connectivity index (χ0v) is 26.0. The van der Waals surface area contributed by atoms with Crippen molar-refractivity contribution in [3.8, 4) is 17.2 Å². The summed E-state index contributed by atoms with van der Waals surface area (Å²) in [5, 5.41) is 26.8. The Morgan fingerprint density at radius 2 is 0.826 bits per heavy atom. The van der Waals surface area contributed by atoms with Gasteiger partial charge in [-0.1, -0.05) is 6.92 Å². The summed E-state index contributed by atoms with van der Waals surface area (Å²) in [7, 11) is -11.5. The van der Waals surface area contributed by atoms with Crippen LogP contribution < -0.4 is 14.2 Å². The van der Waals surface area contributed by atoms with E-state index < -0.39 is 61.9 Å². The number of phenols is 3. The molecule has 12 nitrogen and oxygen atoms in total. The van der Waals surface area contributed by atoms with E-state index in [9.17, 15) is 51.6 Å². The third-order valence-corrected chi connectivity index (χ3v) is 9.39. The fourth-order valence-electron chi connectivity index (χ4n) is 2.82. The average molecular weight is 726 g/mol. The Kier molecular flexibility index (Phi) is 14.7. The summed E-state index contributed by atoms with van der Waals surface area (Å²) in [6, 6.07) is 14.0. The maximum atomic E-state index is 11.8. The van der Waals surface area contributed by atoms with E-state index in [1.54, 1.807) is 6.92 Å². The first-order valence-corrected chi connectivity index (χ1v) is 16.9. The lowest BCUT2D eigenvalue weighted by Crippen LogP contribution is -2.33. The molecule has 0 unspecified atom stereocenters. The Balaban J connectivity index is 0.000000348. The largest absolute Gasteiger partial charge is 0.508 e. The van der Waals surface area contributed by atoms with Crippen LogP contribution in [0.2, 0.25) is 0 Å². The zero-order valence-electron chi connectivity index (χ0n) is 23.5. The van der Waals surface area contributed by atoms with Crippen molar-refractivity contribution >= 4 is 30.1 Å². The summed E-state index contributed by atoms with van der Waals surface area (Å²) < 4.78 is 145. The summed E-state index contributed by atoms with van der Waals surface area (Å²) in [4.78, 5) is -0.376. The van der Waals surface area contributed by atoms with Gasteiger partial charge in [-0.15, -0.1) is 0 Å². The molecule has 0 fully saturated rings. The standard InChI is InChI=1S/C9H10F3NO3S.C8H8F3NO3S.C8H11NO3S/c10-9(11,12)5-6-13-17(15,16)8-3-1-7(14)2-4-8;9-8(10,11)5-12-16(14,15)7-3-1-6(13)2-4-7;1-2-9-13(11,12)8-5-3-7(10)4-6-8/h1-4,13-14H,5-6H2;1-4,12-13H,5H2;3-6,9-10H,2H2,1H3. The summed E-state index contributed by atoms with van der Waals surface area (Å²) in [5.74, 6) is -0.246. The maximum Gasteiger partial charge on any atom is 0.402 e. The first kappa shape index (κ1) is 40.4. The average Bonchev–Trinajstić information content (AvgIpc) is 2.92. The first-order valence-electron chi connectivity index (χ1n) is 12.5. The van der Waals surface area contributed by atoms with Gasteiger partial charge in [0.05, 0.1) is 21.1 Å². The Bertz CT molecular complexity index is 1700. The van der Waals surface area contributed by atoms with E-state index in [0.717, 1.165) is 48.5 Å². The van der Waals surface area contributed by atoms with E-state index in [4.69, 9.17) is 15.3 Å². The molecule has 0 bridgehead atoms. The van der Waals surface area contributed by atoms with Crippen LogP contribution in [-0.4, -0.2) is 72.6 Å². The van der Waals surface area contributed by atoms with Crippen molar-refractivity contribution in [3.63, 3.8) is 0 Å². The van der Waals surface area contributed by atoms with E-state index in [1.807, 2.05) is 4.72 Å². The van der Waals surface area contributed by atoms with Crippen LogP contribution in [0.15, 0.2) is 87.5 Å². The molecule has 3 rings (SSSR count). The van der Waals surface area contributed by atoms with Crippen LogP contribution in [0.1, 0.15) is 13.3 Å². The fraction of sp³-hybridized carbons (Fsp3) is 0.280. The molecule has 0 spiro atoms. The maximum absolute atomic E-state index is 11.8. The molecular formula is C25H29F6N3O9S3. The number of benzene rings is 3. The van der Waals surface area contributed by atoms with E-state index in [2.05, 4.69) is 4.72 Å². The van der Waals surface area contributed by atoms with E-state index in [1.165, 1.54) is 29.0 Å². The number of nitrogens with one attached hydrogen (secondary N) is 3. The van der Waals surface area contributed by atoms with Gasteiger partial charge in [-0.2, -0.15) is 26.3 Å². The number of alkyl halides is 6. The van der Waals surface area contributed by atoms with Gasteiger partial charge in [0.25, 0.3) is 0 Å². The fourth-order valence-corrected chi connectivity index (χ4v) is 5.91. The lowest BCUT2D eigenvalue weighted by molar-refractivity contribution is -0.132. The van der Waals surface area contributed by atoms with Crippen molar-refractivity contribution in [2.24, 2.45) is 0 Å². The lowest BCUT2D eigenvalue weighted by Gasteiger charge is -2.09. The summed E-state index contributed by atoms with van der Waals surface area (Å²) in [6.45, 7) is -0.288. The second-order valence-electron chi connectivity index (χ2n) is 8.69. The molecule has 0 amide bonds. The highest BCUT2D eigenvalue weighted by molar-refractivity contribution is 7.90. The molecule has 258 valence electrons. The number of halogens is 6. The van der Waals surface area contributed by atoms with Crippen molar-refractivity contribution in [3.05, 3.63) is 72.8 Å². The second-order valence-corrected chi connectivity index (χ2v) is 14.0. The molecule has 0 heterocycles. The predicted octanol–water partition coefficient (Wildman–Crippen LogP) is 3.55. The number of aromatic hydroxyl groups is 3. The number of hydrogen-bond acceptors (Lipinski definition) is 9. The Labute approximate surface area is 260 Å². The first-order chi connectivity index (χ1) is 21.0. The summed E-state index contributed by atoms with van der Waals surface area (Å²) >= 11 is 0. The quantitative estimate of drug-likeness (QED) is 0.169. The van der Waals surface area contributed by atoms with Gasteiger partial charge in [-0.05, 0) is 72.8 Å². The van der Waals surface area contributed by atoms with Crippen LogP contribution in [0.5, 0.6) is 17.2 Å². The van der Waals surface area contributed by atoms with Crippen molar-refractivity contribution in [2.75, 3.05) is 19.6 Å². The Hall–Kier alpha value is -3.63. The van der Waals surface area contributed by atoms with Crippen molar-refractivity contribution < 1.29 is 66.9 Å². The highest BCUT2D eigenvalue weighted by atomic mass is 32.2. The minimum Gasteiger partial charge on any atom is -0.508 e. The number of hydrogen-bond donors (Lipinski definition) is 6. The molecule has 6 N–H and O–H groups in total. The lowest BCUT2D eigenvalue weighted by atomic mass is 10.3. The molecule has 3 aromatic carbocycles. The van der Waals surface area contributed by atoms with Crippen molar-refractivity contribution in [1.29, 1.82) is 0 Å². The third-order valence-electron chi connectivity index (χ3n) is 4.94. The van der Waals surface area contributed by atoms with Gasteiger partial charge in [0.2, 0.25) is 30.1 Å². The molecule has 3 aromatic rings. The van der Waals surface area contributed by atoms with Gasteiger partial charge in [-0.25, -0.2) is 39.4 Å². The monoisotopic (exact) mass is 725 g/mol. The van der Waals surface area contributed by atoms with Crippen LogP contribution >= 0.6 is 0 Å². The molecule has 46 heavy (non-hydrogen) atoms. The van der Waals surface area contributed by atoms with Crippen molar-refractivity contribution in [2.45, 2.75) is 40.4 Å². The van der Waals surface area contributed by atoms with Crippen molar-refractivity contribution in [1.82, 2.24) is 14.2 Å².